The minimum absolute atomic E-state index is 0.186. The quantitative estimate of drug-likeness (QED) is 0.811. The number of likely N-dealkylation sites (N-methyl/N-ethyl adjacent to an activating group) is 1. The summed E-state index contributed by atoms with van der Waals surface area (Å²) < 4.78 is 27.4. The number of sulfonamides is 1. The topological polar surface area (TPSA) is 58.2 Å². The predicted octanol–water partition coefficient (Wildman–Crippen LogP) is 2.64. The summed E-state index contributed by atoms with van der Waals surface area (Å²) in [5.41, 5.74) is 0.759. The molecule has 2 N–H and O–H groups in total. The average molecular weight is 345 g/mol. The highest BCUT2D eigenvalue weighted by Crippen LogP contribution is 2.22. The van der Waals surface area contributed by atoms with Crippen LogP contribution in [0.25, 0.3) is 0 Å². The number of halogens is 1. The molecule has 2 rings (SSSR count). The van der Waals surface area contributed by atoms with Gasteiger partial charge in [-0.15, -0.1) is 11.3 Å². The molecule has 0 aliphatic rings. The van der Waals surface area contributed by atoms with E-state index in [1.807, 2.05) is 25.2 Å². The molecule has 1 heterocycles. The monoisotopic (exact) mass is 344 g/mol. The number of hydrogen-bond donors (Lipinski definition) is 2. The largest absolute Gasteiger partial charge is 0.319 e. The van der Waals surface area contributed by atoms with Crippen LogP contribution in [0.3, 0.4) is 0 Å². The van der Waals surface area contributed by atoms with E-state index in [0.29, 0.717) is 9.23 Å². The highest BCUT2D eigenvalue weighted by Gasteiger charge is 2.16. The lowest BCUT2D eigenvalue weighted by Crippen LogP contribution is -2.22. The maximum absolute atomic E-state index is 12.2. The molecular weight excluding hydrogens is 328 g/mol. The summed E-state index contributed by atoms with van der Waals surface area (Å²) in [6.45, 7) is 1.01. The zero-order chi connectivity index (χ0) is 15.3. The molecule has 1 aromatic heterocycles. The van der Waals surface area contributed by atoms with Gasteiger partial charge in [0, 0.05) is 16.4 Å². The van der Waals surface area contributed by atoms with E-state index in [4.69, 9.17) is 11.6 Å². The Morgan fingerprint density at radius 2 is 1.95 bits per heavy atom. The molecule has 0 atom stereocenters. The minimum Gasteiger partial charge on any atom is -0.319 e. The fraction of sp³-hybridized carbons (Fsp3) is 0.286. The summed E-state index contributed by atoms with van der Waals surface area (Å²) in [5.74, 6) is 0. The third-order valence-corrected chi connectivity index (χ3v) is 6.34. The van der Waals surface area contributed by atoms with Crippen LogP contribution in [-0.4, -0.2) is 22.0 Å². The summed E-state index contributed by atoms with van der Waals surface area (Å²) >= 11 is 7.32. The molecule has 21 heavy (non-hydrogen) atoms. The first-order chi connectivity index (χ1) is 10.0. The molecule has 0 saturated carbocycles. The molecule has 2 aromatic rings. The van der Waals surface area contributed by atoms with E-state index >= 15 is 0 Å². The highest BCUT2D eigenvalue weighted by molar-refractivity contribution is 7.91. The Labute approximate surface area is 134 Å². The molecule has 0 radical (unpaired) electrons. The molecule has 7 heteroatoms. The summed E-state index contributed by atoms with van der Waals surface area (Å²) in [5, 5.41) is 3.60. The van der Waals surface area contributed by atoms with Crippen molar-refractivity contribution >= 4 is 33.0 Å². The Balaban J connectivity index is 2.05. The maximum atomic E-state index is 12.2. The van der Waals surface area contributed by atoms with Crippen LogP contribution in [-0.2, 0) is 23.0 Å². The van der Waals surface area contributed by atoms with Crippen molar-refractivity contribution in [1.29, 1.82) is 0 Å². The molecular formula is C14H17ClN2O2S2. The van der Waals surface area contributed by atoms with E-state index in [9.17, 15) is 8.42 Å². The molecule has 0 bridgehead atoms. The summed E-state index contributed by atoms with van der Waals surface area (Å²) in [6, 6.07) is 10.7. The van der Waals surface area contributed by atoms with Crippen LogP contribution in [0.4, 0.5) is 0 Å². The Morgan fingerprint density at radius 1 is 1.19 bits per heavy atom. The molecule has 0 unspecified atom stereocenters. The second-order valence-electron chi connectivity index (χ2n) is 4.49. The first-order valence-corrected chi connectivity index (χ1v) is 9.17. The molecule has 0 saturated heterocycles. The SMILES string of the molecule is CNCCc1ccc(S(=O)(=O)NCc2ccccc2Cl)s1. The van der Waals surface area contributed by atoms with Crippen LogP contribution in [0.1, 0.15) is 10.4 Å². The van der Waals surface area contributed by atoms with Gasteiger partial charge in [0.05, 0.1) is 0 Å². The highest BCUT2D eigenvalue weighted by atomic mass is 35.5. The lowest BCUT2D eigenvalue weighted by molar-refractivity contribution is 0.583. The molecule has 0 aliphatic carbocycles. The third kappa shape index (κ3) is 4.52. The molecule has 0 amide bonds. The fourth-order valence-electron chi connectivity index (χ4n) is 1.77. The second kappa shape index (κ2) is 7.38. The van der Waals surface area contributed by atoms with Gasteiger partial charge in [-0.05, 0) is 43.8 Å². The average Bonchev–Trinajstić information content (AvgIpc) is 2.94. The summed E-state index contributed by atoms with van der Waals surface area (Å²) in [7, 11) is -1.62. The van der Waals surface area contributed by atoms with Gasteiger partial charge in [0.15, 0.2) is 0 Å². The van der Waals surface area contributed by atoms with Crippen molar-refractivity contribution < 1.29 is 8.42 Å². The number of rotatable bonds is 7. The first kappa shape index (κ1) is 16.5. The summed E-state index contributed by atoms with van der Waals surface area (Å²) in [6.07, 6.45) is 0.821. The van der Waals surface area contributed by atoms with Crippen LogP contribution < -0.4 is 10.0 Å². The van der Waals surface area contributed by atoms with Gasteiger partial charge >= 0.3 is 0 Å². The van der Waals surface area contributed by atoms with Crippen LogP contribution in [0, 0.1) is 0 Å². The molecule has 114 valence electrons. The number of nitrogens with one attached hydrogen (secondary N) is 2. The van der Waals surface area contributed by atoms with Gasteiger partial charge in [-0.3, -0.25) is 0 Å². The molecule has 4 nitrogen and oxygen atoms in total. The smallest absolute Gasteiger partial charge is 0.250 e. The Bertz CT molecular complexity index is 699. The number of hydrogen-bond acceptors (Lipinski definition) is 4. The van der Waals surface area contributed by atoms with Gasteiger partial charge in [0.2, 0.25) is 10.0 Å². The van der Waals surface area contributed by atoms with Crippen molar-refractivity contribution in [3.63, 3.8) is 0 Å². The van der Waals surface area contributed by atoms with Gasteiger partial charge < -0.3 is 5.32 Å². The van der Waals surface area contributed by atoms with Gasteiger partial charge in [-0.2, -0.15) is 0 Å². The van der Waals surface area contributed by atoms with Crippen molar-refractivity contribution in [3.05, 3.63) is 51.9 Å². The number of benzene rings is 1. The zero-order valence-electron chi connectivity index (χ0n) is 11.6. The fourth-order valence-corrected chi connectivity index (χ4v) is 4.38. The van der Waals surface area contributed by atoms with Gasteiger partial charge in [-0.1, -0.05) is 29.8 Å². The van der Waals surface area contributed by atoms with E-state index in [2.05, 4.69) is 10.0 Å². The van der Waals surface area contributed by atoms with E-state index < -0.39 is 10.0 Å². The molecule has 0 aliphatic heterocycles. The molecule has 1 aromatic carbocycles. The van der Waals surface area contributed by atoms with Crippen molar-refractivity contribution in [2.45, 2.75) is 17.2 Å². The zero-order valence-corrected chi connectivity index (χ0v) is 14.0. The van der Waals surface area contributed by atoms with Gasteiger partial charge in [0.25, 0.3) is 0 Å². The van der Waals surface area contributed by atoms with E-state index in [0.717, 1.165) is 23.4 Å². The summed E-state index contributed by atoms with van der Waals surface area (Å²) in [4.78, 5) is 1.04. The Morgan fingerprint density at radius 3 is 2.67 bits per heavy atom. The van der Waals surface area contributed by atoms with Crippen LogP contribution in [0.2, 0.25) is 5.02 Å². The second-order valence-corrected chi connectivity index (χ2v) is 8.06. The van der Waals surface area contributed by atoms with Crippen LogP contribution in [0.5, 0.6) is 0 Å². The van der Waals surface area contributed by atoms with Gasteiger partial charge in [-0.25, -0.2) is 13.1 Å². The maximum Gasteiger partial charge on any atom is 0.250 e. The van der Waals surface area contributed by atoms with Crippen LogP contribution >= 0.6 is 22.9 Å². The standard InChI is InChI=1S/C14H17ClN2O2S2/c1-16-9-8-12-6-7-14(20-12)21(18,19)17-10-11-4-2-3-5-13(11)15/h2-7,16-17H,8-10H2,1H3. The van der Waals surface area contributed by atoms with Crippen molar-refractivity contribution in [2.75, 3.05) is 13.6 Å². The van der Waals surface area contributed by atoms with Crippen molar-refractivity contribution in [1.82, 2.24) is 10.0 Å². The normalized spacial score (nSPS) is 11.7. The van der Waals surface area contributed by atoms with Crippen molar-refractivity contribution in [3.8, 4) is 0 Å². The Kier molecular flexibility index (Phi) is 5.78. The van der Waals surface area contributed by atoms with Gasteiger partial charge in [0.1, 0.15) is 4.21 Å². The van der Waals surface area contributed by atoms with E-state index in [-0.39, 0.29) is 6.54 Å². The molecule has 0 spiro atoms. The Hall–Kier alpha value is -0.920. The van der Waals surface area contributed by atoms with E-state index in [1.165, 1.54) is 11.3 Å². The van der Waals surface area contributed by atoms with Crippen LogP contribution in [0.15, 0.2) is 40.6 Å². The number of thiophene rings is 1. The lowest BCUT2D eigenvalue weighted by atomic mass is 10.2. The lowest BCUT2D eigenvalue weighted by Gasteiger charge is -2.06. The first-order valence-electron chi connectivity index (χ1n) is 6.49. The predicted molar refractivity (Wildman–Crippen MR) is 87.4 cm³/mol. The molecule has 0 fully saturated rings. The minimum atomic E-state index is -3.49. The van der Waals surface area contributed by atoms with E-state index in [1.54, 1.807) is 18.2 Å². The third-order valence-electron chi connectivity index (χ3n) is 2.93. The van der Waals surface area contributed by atoms with Crippen molar-refractivity contribution in [2.24, 2.45) is 0 Å².